The molecule has 1 aliphatic heterocycles. The number of sulfonamides is 1. The van der Waals surface area contributed by atoms with Gasteiger partial charge in [-0.05, 0) is 47.5 Å². The Morgan fingerprint density at radius 2 is 1.67 bits per heavy atom. The zero-order chi connectivity index (χ0) is 30.0. The largest absolute Gasteiger partial charge is 0.484 e. The van der Waals surface area contributed by atoms with Crippen LogP contribution in [0.4, 0.5) is 4.39 Å². The number of hydrogen-bond donors (Lipinski definition) is 1. The number of nitrogens with one attached hydrogen (secondary N) is 1. The van der Waals surface area contributed by atoms with Crippen molar-refractivity contribution in [3.63, 3.8) is 0 Å². The predicted octanol–water partition coefficient (Wildman–Crippen LogP) is 2.76. The Morgan fingerprint density at radius 1 is 1.00 bits per heavy atom. The van der Waals surface area contributed by atoms with Gasteiger partial charge in [0.05, 0.1) is 24.7 Å². The number of rotatable bonds is 13. The highest BCUT2D eigenvalue weighted by atomic mass is 32.2. The third kappa shape index (κ3) is 8.13. The van der Waals surface area contributed by atoms with Gasteiger partial charge in [-0.3, -0.25) is 9.59 Å². The topological polar surface area (TPSA) is 114 Å². The molecule has 42 heavy (non-hydrogen) atoms. The fraction of sp³-hybridized carbons (Fsp3) is 0.333. The van der Waals surface area contributed by atoms with Crippen molar-refractivity contribution in [1.29, 1.82) is 0 Å². The number of morpholine rings is 1. The number of amides is 2. The molecule has 0 aliphatic carbocycles. The van der Waals surface area contributed by atoms with Gasteiger partial charge in [0, 0.05) is 33.3 Å². The zero-order valence-corrected chi connectivity index (χ0v) is 24.1. The van der Waals surface area contributed by atoms with Gasteiger partial charge in [-0.2, -0.15) is 4.31 Å². The summed E-state index contributed by atoms with van der Waals surface area (Å²) in [7, 11) is -2.16. The summed E-state index contributed by atoms with van der Waals surface area (Å²) >= 11 is 0. The SMILES string of the molecule is COCCNC(=O)[C@H](c1ccccc1)N(Cc1ccc(F)cc1)C(=O)COc1ccc(S(=O)(=O)N2CCOCC2)cc1. The molecule has 0 saturated carbocycles. The molecule has 0 bridgehead atoms. The van der Waals surface area contributed by atoms with Crippen molar-refractivity contribution in [3.05, 3.63) is 95.8 Å². The Kier molecular flexibility index (Phi) is 11.0. The van der Waals surface area contributed by atoms with Crippen LogP contribution in [-0.2, 0) is 35.6 Å². The average molecular weight is 600 g/mol. The Hall–Kier alpha value is -3.84. The number of benzene rings is 3. The molecule has 0 aromatic heterocycles. The minimum Gasteiger partial charge on any atom is -0.484 e. The van der Waals surface area contributed by atoms with Gasteiger partial charge in [-0.15, -0.1) is 0 Å². The van der Waals surface area contributed by atoms with Gasteiger partial charge in [-0.1, -0.05) is 42.5 Å². The van der Waals surface area contributed by atoms with E-state index in [0.29, 0.717) is 30.9 Å². The number of methoxy groups -OCH3 is 1. The molecule has 224 valence electrons. The minimum absolute atomic E-state index is 0.0104. The summed E-state index contributed by atoms with van der Waals surface area (Å²) in [4.78, 5) is 28.6. The van der Waals surface area contributed by atoms with Crippen molar-refractivity contribution >= 4 is 21.8 Å². The molecule has 2 amide bonds. The summed E-state index contributed by atoms with van der Waals surface area (Å²) in [5.74, 6) is -1.05. The molecule has 0 unspecified atom stereocenters. The Labute approximate surface area is 245 Å². The Bertz CT molecular complexity index is 1420. The van der Waals surface area contributed by atoms with E-state index < -0.39 is 40.3 Å². The summed E-state index contributed by atoms with van der Waals surface area (Å²) in [5, 5.41) is 2.81. The van der Waals surface area contributed by atoms with E-state index in [0.717, 1.165) is 0 Å². The minimum atomic E-state index is -3.68. The van der Waals surface area contributed by atoms with Crippen LogP contribution < -0.4 is 10.1 Å². The second kappa shape index (κ2) is 14.9. The molecule has 4 rings (SSSR count). The second-order valence-corrected chi connectivity index (χ2v) is 11.5. The first-order valence-corrected chi connectivity index (χ1v) is 14.9. The monoisotopic (exact) mass is 599 g/mol. The first-order valence-electron chi connectivity index (χ1n) is 13.5. The lowest BCUT2D eigenvalue weighted by molar-refractivity contribution is -0.143. The highest BCUT2D eigenvalue weighted by molar-refractivity contribution is 7.89. The van der Waals surface area contributed by atoms with Gasteiger partial charge >= 0.3 is 0 Å². The molecular formula is C30H34FN3O7S. The maximum Gasteiger partial charge on any atom is 0.261 e. The molecule has 3 aromatic rings. The van der Waals surface area contributed by atoms with E-state index in [1.807, 2.05) is 6.07 Å². The smallest absolute Gasteiger partial charge is 0.261 e. The number of halogens is 1. The van der Waals surface area contributed by atoms with Gasteiger partial charge in [0.15, 0.2) is 6.61 Å². The van der Waals surface area contributed by atoms with E-state index in [4.69, 9.17) is 14.2 Å². The molecule has 1 N–H and O–H groups in total. The fourth-order valence-corrected chi connectivity index (χ4v) is 5.87. The van der Waals surface area contributed by atoms with Gasteiger partial charge in [-0.25, -0.2) is 12.8 Å². The lowest BCUT2D eigenvalue weighted by Crippen LogP contribution is -2.45. The molecule has 1 fully saturated rings. The third-order valence-corrected chi connectivity index (χ3v) is 8.57. The second-order valence-electron chi connectivity index (χ2n) is 9.52. The maximum atomic E-state index is 13.7. The molecule has 1 atom stereocenters. The number of carbonyl (C=O) groups is 2. The van der Waals surface area contributed by atoms with E-state index in [2.05, 4.69) is 5.32 Å². The zero-order valence-electron chi connectivity index (χ0n) is 23.3. The van der Waals surface area contributed by atoms with Crippen LogP contribution in [0.2, 0.25) is 0 Å². The lowest BCUT2D eigenvalue weighted by Gasteiger charge is -2.31. The molecule has 1 aliphatic rings. The van der Waals surface area contributed by atoms with Crippen LogP contribution in [0.5, 0.6) is 5.75 Å². The maximum absolute atomic E-state index is 13.7. The molecule has 0 radical (unpaired) electrons. The molecule has 12 heteroatoms. The number of nitrogens with zero attached hydrogens (tertiary/aromatic N) is 2. The van der Waals surface area contributed by atoms with Crippen molar-refractivity contribution in [2.75, 3.05) is 53.2 Å². The summed E-state index contributed by atoms with van der Waals surface area (Å²) in [5.41, 5.74) is 1.20. The molecule has 10 nitrogen and oxygen atoms in total. The number of carbonyl (C=O) groups excluding carboxylic acids is 2. The van der Waals surface area contributed by atoms with Crippen LogP contribution in [0.3, 0.4) is 0 Å². The fourth-order valence-electron chi connectivity index (χ4n) is 4.46. The average Bonchev–Trinajstić information content (AvgIpc) is 3.02. The van der Waals surface area contributed by atoms with Gasteiger partial charge < -0.3 is 24.4 Å². The van der Waals surface area contributed by atoms with E-state index >= 15 is 0 Å². The molecule has 3 aromatic carbocycles. The summed E-state index contributed by atoms with van der Waals surface area (Å²) in [6.45, 7) is 1.35. The summed E-state index contributed by atoms with van der Waals surface area (Å²) in [6.07, 6.45) is 0. The van der Waals surface area contributed by atoms with Gasteiger partial charge in [0.1, 0.15) is 17.6 Å². The highest BCUT2D eigenvalue weighted by Gasteiger charge is 2.32. The first-order chi connectivity index (χ1) is 20.3. The van der Waals surface area contributed by atoms with Crippen LogP contribution in [-0.4, -0.2) is 82.6 Å². The standard InChI is InChI=1S/C30H34FN3O7S/c1-39-18-15-32-30(36)29(24-5-3-2-4-6-24)34(21-23-7-9-25(31)10-8-23)28(35)22-41-26-11-13-27(14-12-26)42(37,38)33-16-19-40-20-17-33/h2-14,29H,15-22H2,1H3,(H,32,36)/t29-/m0/s1. The highest BCUT2D eigenvalue weighted by Crippen LogP contribution is 2.25. The van der Waals surface area contributed by atoms with E-state index in [-0.39, 0.29) is 36.8 Å². The Balaban J connectivity index is 1.54. The van der Waals surface area contributed by atoms with E-state index in [1.54, 1.807) is 36.4 Å². The molecule has 0 spiro atoms. The quantitative estimate of drug-likeness (QED) is 0.301. The first kappa shape index (κ1) is 31.1. The van der Waals surface area contributed by atoms with Crippen LogP contribution in [0.15, 0.2) is 83.8 Å². The van der Waals surface area contributed by atoms with Crippen LogP contribution in [0.25, 0.3) is 0 Å². The van der Waals surface area contributed by atoms with Crippen molar-refractivity contribution in [2.24, 2.45) is 0 Å². The van der Waals surface area contributed by atoms with Crippen molar-refractivity contribution < 1.29 is 36.6 Å². The number of ether oxygens (including phenoxy) is 3. The number of hydrogen-bond acceptors (Lipinski definition) is 7. The van der Waals surface area contributed by atoms with Crippen molar-refractivity contribution in [3.8, 4) is 5.75 Å². The Morgan fingerprint density at radius 3 is 2.31 bits per heavy atom. The predicted molar refractivity (Wildman–Crippen MR) is 153 cm³/mol. The van der Waals surface area contributed by atoms with E-state index in [1.165, 1.54) is 52.7 Å². The third-order valence-electron chi connectivity index (χ3n) is 6.66. The summed E-state index contributed by atoms with van der Waals surface area (Å²) < 4.78 is 56.8. The molecule has 1 heterocycles. The van der Waals surface area contributed by atoms with Gasteiger partial charge in [0.25, 0.3) is 5.91 Å². The van der Waals surface area contributed by atoms with Crippen molar-refractivity contribution in [2.45, 2.75) is 17.5 Å². The molecule has 1 saturated heterocycles. The van der Waals surface area contributed by atoms with E-state index in [9.17, 15) is 22.4 Å². The molecular weight excluding hydrogens is 565 g/mol. The van der Waals surface area contributed by atoms with Crippen LogP contribution >= 0.6 is 0 Å². The van der Waals surface area contributed by atoms with Crippen LogP contribution in [0, 0.1) is 5.82 Å². The lowest BCUT2D eigenvalue weighted by atomic mass is 10.0. The normalized spacial score (nSPS) is 14.6. The van der Waals surface area contributed by atoms with Crippen LogP contribution in [0.1, 0.15) is 17.2 Å². The van der Waals surface area contributed by atoms with Gasteiger partial charge in [0.2, 0.25) is 15.9 Å². The van der Waals surface area contributed by atoms with Crippen molar-refractivity contribution in [1.82, 2.24) is 14.5 Å². The summed E-state index contributed by atoms with van der Waals surface area (Å²) in [6, 6.07) is 19.3.